The highest BCUT2D eigenvalue weighted by atomic mass is 16.2. The molecule has 1 aliphatic heterocycles. The van der Waals surface area contributed by atoms with Gasteiger partial charge in [0.25, 0.3) is 5.91 Å². The highest BCUT2D eigenvalue weighted by molar-refractivity contribution is 5.81. The van der Waals surface area contributed by atoms with Crippen molar-refractivity contribution >= 4 is 11.8 Å². The van der Waals surface area contributed by atoms with E-state index in [0.717, 1.165) is 32.4 Å². The first kappa shape index (κ1) is 13.9. The average Bonchev–Trinajstić information content (AvgIpc) is 2.39. The number of hydrogen-bond acceptors (Lipinski definition) is 4. The van der Waals surface area contributed by atoms with Gasteiger partial charge in [-0.1, -0.05) is 6.92 Å². The third-order valence-electron chi connectivity index (χ3n) is 3.42. The molecule has 6 nitrogen and oxygen atoms in total. The number of carbonyl (C=O) groups is 2. The van der Waals surface area contributed by atoms with Crippen molar-refractivity contribution in [2.45, 2.75) is 32.2 Å². The van der Waals surface area contributed by atoms with Gasteiger partial charge < -0.3 is 5.32 Å². The van der Waals surface area contributed by atoms with Crippen LogP contribution >= 0.6 is 0 Å². The Labute approximate surface area is 102 Å². The van der Waals surface area contributed by atoms with Crippen molar-refractivity contribution < 1.29 is 9.59 Å². The second kappa shape index (κ2) is 6.56. The molecule has 1 atom stereocenters. The van der Waals surface area contributed by atoms with Gasteiger partial charge in [0.1, 0.15) is 0 Å². The number of piperidine rings is 1. The maximum atomic E-state index is 11.6. The number of hydrazine groups is 1. The monoisotopic (exact) mass is 242 g/mol. The second-order valence-corrected chi connectivity index (χ2v) is 4.36. The summed E-state index contributed by atoms with van der Waals surface area (Å²) >= 11 is 0. The van der Waals surface area contributed by atoms with Crippen molar-refractivity contribution in [3.05, 3.63) is 0 Å². The highest BCUT2D eigenvalue weighted by Gasteiger charge is 2.30. The summed E-state index contributed by atoms with van der Waals surface area (Å²) in [4.78, 5) is 25.1. The molecule has 17 heavy (non-hydrogen) atoms. The largest absolute Gasteiger partial charge is 0.359 e. The molecule has 1 unspecified atom stereocenters. The first-order chi connectivity index (χ1) is 8.13. The molecule has 98 valence electrons. The molecule has 0 aromatic carbocycles. The molecule has 1 saturated heterocycles. The third-order valence-corrected chi connectivity index (χ3v) is 3.42. The number of rotatable bonds is 4. The van der Waals surface area contributed by atoms with E-state index in [1.54, 1.807) is 7.05 Å². The van der Waals surface area contributed by atoms with E-state index in [9.17, 15) is 9.59 Å². The summed E-state index contributed by atoms with van der Waals surface area (Å²) in [5, 5.41) is 2.67. The molecule has 1 rings (SSSR count). The number of nitrogens with zero attached hydrogens (tertiary/aromatic N) is 1. The maximum absolute atomic E-state index is 11.6. The Bertz CT molecular complexity index is 275. The zero-order valence-corrected chi connectivity index (χ0v) is 10.5. The van der Waals surface area contributed by atoms with E-state index in [-0.39, 0.29) is 23.8 Å². The molecule has 6 heteroatoms. The van der Waals surface area contributed by atoms with E-state index in [0.29, 0.717) is 0 Å². The predicted octanol–water partition coefficient (Wildman–Crippen LogP) is -0.787. The zero-order valence-electron chi connectivity index (χ0n) is 10.5. The zero-order chi connectivity index (χ0) is 12.8. The third kappa shape index (κ3) is 3.41. The first-order valence-electron chi connectivity index (χ1n) is 6.10. The fourth-order valence-corrected chi connectivity index (χ4v) is 2.38. The molecule has 0 bridgehead atoms. The van der Waals surface area contributed by atoms with Crippen LogP contribution in [0.1, 0.15) is 26.2 Å². The summed E-state index contributed by atoms with van der Waals surface area (Å²) in [5.74, 6) is 5.19. The first-order valence-corrected chi connectivity index (χ1v) is 6.10. The Morgan fingerprint density at radius 3 is 2.41 bits per heavy atom. The van der Waals surface area contributed by atoms with Gasteiger partial charge in [-0.15, -0.1) is 0 Å². The van der Waals surface area contributed by atoms with E-state index >= 15 is 0 Å². The smallest absolute Gasteiger partial charge is 0.251 e. The van der Waals surface area contributed by atoms with E-state index in [4.69, 9.17) is 5.84 Å². The summed E-state index contributed by atoms with van der Waals surface area (Å²) in [6.07, 6.45) is 2.33. The Morgan fingerprint density at radius 2 is 2.00 bits per heavy atom. The summed E-state index contributed by atoms with van der Waals surface area (Å²) in [7, 11) is 1.66. The minimum atomic E-state index is -0.175. The number of likely N-dealkylation sites (tertiary alicyclic amines) is 1. The standard InChI is InChI=1S/C11H22N4O2/c1-3-9(11(17)14-12)15-6-4-8(5-7-15)10(16)13-2/h8-9H,3-7,12H2,1-2H3,(H,13,16)(H,14,17). The van der Waals surface area contributed by atoms with Crippen LogP contribution in [0.3, 0.4) is 0 Å². The SMILES string of the molecule is CCC(C(=O)NN)N1CCC(C(=O)NC)CC1. The fourth-order valence-electron chi connectivity index (χ4n) is 2.38. The van der Waals surface area contributed by atoms with Crippen LogP contribution in [0.2, 0.25) is 0 Å². The Kier molecular flexibility index (Phi) is 5.37. The van der Waals surface area contributed by atoms with Crippen molar-refractivity contribution in [2.24, 2.45) is 11.8 Å². The summed E-state index contributed by atoms with van der Waals surface area (Å²) in [5.41, 5.74) is 2.20. The lowest BCUT2D eigenvalue weighted by atomic mass is 9.94. The lowest BCUT2D eigenvalue weighted by molar-refractivity contribution is -0.129. The Balaban J connectivity index is 2.50. The van der Waals surface area contributed by atoms with Gasteiger partial charge in [-0.3, -0.25) is 19.9 Å². The summed E-state index contributed by atoms with van der Waals surface area (Å²) < 4.78 is 0. The Hall–Kier alpha value is -1.14. The van der Waals surface area contributed by atoms with Crippen LogP contribution in [0.15, 0.2) is 0 Å². The van der Waals surface area contributed by atoms with Crippen LogP contribution < -0.4 is 16.6 Å². The van der Waals surface area contributed by atoms with Crippen molar-refractivity contribution in [3.8, 4) is 0 Å². The van der Waals surface area contributed by atoms with Gasteiger partial charge >= 0.3 is 0 Å². The van der Waals surface area contributed by atoms with E-state index < -0.39 is 0 Å². The average molecular weight is 242 g/mol. The summed E-state index contributed by atoms with van der Waals surface area (Å²) in [6, 6.07) is -0.175. The number of nitrogens with two attached hydrogens (primary N) is 1. The van der Waals surface area contributed by atoms with Crippen LogP contribution in [-0.4, -0.2) is 42.9 Å². The van der Waals surface area contributed by atoms with Crippen LogP contribution in [0.4, 0.5) is 0 Å². The molecular weight excluding hydrogens is 220 g/mol. The summed E-state index contributed by atoms with van der Waals surface area (Å²) in [6.45, 7) is 3.50. The lowest BCUT2D eigenvalue weighted by Crippen LogP contribution is -2.52. The van der Waals surface area contributed by atoms with Gasteiger partial charge in [0.2, 0.25) is 5.91 Å². The molecule has 0 aromatic heterocycles. The van der Waals surface area contributed by atoms with Gasteiger partial charge in [0.05, 0.1) is 6.04 Å². The normalized spacial score (nSPS) is 19.7. The van der Waals surface area contributed by atoms with Crippen molar-refractivity contribution in [1.82, 2.24) is 15.6 Å². The van der Waals surface area contributed by atoms with Crippen LogP contribution in [0.5, 0.6) is 0 Å². The van der Waals surface area contributed by atoms with Gasteiger partial charge in [0, 0.05) is 13.0 Å². The van der Waals surface area contributed by atoms with Crippen molar-refractivity contribution in [2.75, 3.05) is 20.1 Å². The van der Waals surface area contributed by atoms with Gasteiger partial charge in [-0.25, -0.2) is 5.84 Å². The number of amides is 2. The second-order valence-electron chi connectivity index (χ2n) is 4.36. The van der Waals surface area contributed by atoms with E-state index in [1.165, 1.54) is 0 Å². The van der Waals surface area contributed by atoms with Crippen LogP contribution in [-0.2, 0) is 9.59 Å². The molecule has 1 fully saturated rings. The quantitative estimate of drug-likeness (QED) is 0.342. The van der Waals surface area contributed by atoms with Crippen LogP contribution in [0, 0.1) is 5.92 Å². The lowest BCUT2D eigenvalue weighted by Gasteiger charge is -2.35. The van der Waals surface area contributed by atoms with Gasteiger partial charge in [-0.05, 0) is 32.4 Å². The van der Waals surface area contributed by atoms with Crippen molar-refractivity contribution in [3.63, 3.8) is 0 Å². The molecule has 0 aliphatic carbocycles. The molecular formula is C11H22N4O2. The molecule has 0 radical (unpaired) electrons. The van der Waals surface area contributed by atoms with Gasteiger partial charge in [0.15, 0.2) is 0 Å². The number of nitrogens with one attached hydrogen (secondary N) is 2. The molecule has 1 heterocycles. The molecule has 4 N–H and O–H groups in total. The van der Waals surface area contributed by atoms with Crippen LogP contribution in [0.25, 0.3) is 0 Å². The predicted molar refractivity (Wildman–Crippen MR) is 64.8 cm³/mol. The molecule has 0 aromatic rings. The number of carbonyl (C=O) groups excluding carboxylic acids is 2. The Morgan fingerprint density at radius 1 is 1.41 bits per heavy atom. The van der Waals surface area contributed by atoms with E-state index in [1.807, 2.05) is 6.92 Å². The highest BCUT2D eigenvalue weighted by Crippen LogP contribution is 2.20. The number of hydrogen-bond donors (Lipinski definition) is 3. The molecule has 0 saturated carbocycles. The van der Waals surface area contributed by atoms with Gasteiger partial charge in [-0.2, -0.15) is 0 Å². The molecule has 0 spiro atoms. The minimum Gasteiger partial charge on any atom is -0.359 e. The minimum absolute atomic E-state index is 0.0784. The topological polar surface area (TPSA) is 87.5 Å². The van der Waals surface area contributed by atoms with Crippen molar-refractivity contribution in [1.29, 1.82) is 0 Å². The molecule has 2 amide bonds. The molecule has 1 aliphatic rings. The maximum Gasteiger partial charge on any atom is 0.251 e. The van der Waals surface area contributed by atoms with E-state index in [2.05, 4.69) is 15.6 Å². The fraction of sp³-hybridized carbons (Fsp3) is 0.818.